The first kappa shape index (κ1) is 15.7. The first-order chi connectivity index (χ1) is 10.9. The van der Waals surface area contributed by atoms with E-state index in [1.54, 1.807) is 0 Å². The molecule has 7 heteroatoms. The standard InChI is InChI=1S/C16H22N6O/c1-5-6-7-16(21-22-16)8-9-17-14(23)12-11(15(12,3)4)13-18-10(2)19-20-13/h1,11-12H,6-9H2,2-4H3,(H,17,23)(H,18,19,20)/t11-,12+/m0/s1. The van der Waals surface area contributed by atoms with Gasteiger partial charge < -0.3 is 5.32 Å². The number of amides is 1. The molecular formula is C16H22N6O. The number of carbonyl (C=O) groups excluding carboxylic acids is 1. The SMILES string of the molecule is C#CCCC1(CCNC(=O)[C@H]2[C@@H](c3n[nH]c(C)n3)C2(C)C)N=N1. The van der Waals surface area contributed by atoms with Crippen molar-refractivity contribution in [2.75, 3.05) is 6.54 Å². The summed E-state index contributed by atoms with van der Waals surface area (Å²) in [5, 5.41) is 18.2. The zero-order chi connectivity index (χ0) is 16.7. The predicted octanol–water partition coefficient (Wildman–Crippen LogP) is 1.93. The maximum Gasteiger partial charge on any atom is 0.224 e. The smallest absolute Gasteiger partial charge is 0.224 e. The Bertz CT molecular complexity index is 677. The molecule has 0 aromatic carbocycles. The summed E-state index contributed by atoms with van der Waals surface area (Å²) in [6.07, 6.45) is 7.39. The third-order valence-electron chi connectivity index (χ3n) is 4.88. The summed E-state index contributed by atoms with van der Waals surface area (Å²) in [5.74, 6) is 4.13. The van der Waals surface area contributed by atoms with Crippen molar-refractivity contribution >= 4 is 5.91 Å². The van der Waals surface area contributed by atoms with E-state index >= 15 is 0 Å². The summed E-state index contributed by atoms with van der Waals surface area (Å²) < 4.78 is 0. The molecular weight excluding hydrogens is 292 g/mol. The minimum atomic E-state index is -0.348. The van der Waals surface area contributed by atoms with Crippen LogP contribution in [-0.2, 0) is 4.79 Å². The molecule has 0 spiro atoms. The molecule has 1 amide bonds. The normalized spacial score (nSPS) is 25.7. The van der Waals surface area contributed by atoms with Gasteiger partial charge in [0, 0.05) is 31.7 Å². The van der Waals surface area contributed by atoms with Crippen LogP contribution in [0.4, 0.5) is 0 Å². The van der Waals surface area contributed by atoms with Crippen molar-refractivity contribution in [3.8, 4) is 12.3 Å². The minimum Gasteiger partial charge on any atom is -0.356 e. The largest absolute Gasteiger partial charge is 0.356 e. The lowest BCUT2D eigenvalue weighted by Crippen LogP contribution is -2.30. The maximum atomic E-state index is 12.5. The molecule has 1 saturated carbocycles. The Balaban J connectivity index is 1.50. The second-order valence-electron chi connectivity index (χ2n) is 6.98. The van der Waals surface area contributed by atoms with Crippen molar-refractivity contribution in [1.29, 1.82) is 0 Å². The number of aromatic nitrogens is 3. The van der Waals surface area contributed by atoms with Gasteiger partial charge in [-0.3, -0.25) is 9.89 Å². The van der Waals surface area contributed by atoms with Crippen molar-refractivity contribution in [3.63, 3.8) is 0 Å². The lowest BCUT2D eigenvalue weighted by atomic mass is 10.0. The van der Waals surface area contributed by atoms with Crippen LogP contribution in [0, 0.1) is 30.6 Å². The van der Waals surface area contributed by atoms with Gasteiger partial charge in [-0.05, 0) is 12.3 Å². The van der Waals surface area contributed by atoms with Crippen molar-refractivity contribution in [3.05, 3.63) is 11.6 Å². The molecule has 1 aromatic heterocycles. The van der Waals surface area contributed by atoms with Gasteiger partial charge in [-0.1, -0.05) is 13.8 Å². The highest BCUT2D eigenvalue weighted by molar-refractivity contribution is 5.84. The Kier molecular flexibility index (Phi) is 3.71. The van der Waals surface area contributed by atoms with Gasteiger partial charge in [0.15, 0.2) is 11.5 Å². The number of carbonyl (C=O) groups is 1. The molecule has 0 radical (unpaired) electrons. The molecule has 7 nitrogen and oxygen atoms in total. The lowest BCUT2D eigenvalue weighted by Gasteiger charge is -2.10. The number of aromatic amines is 1. The highest BCUT2D eigenvalue weighted by atomic mass is 16.2. The second kappa shape index (κ2) is 5.44. The van der Waals surface area contributed by atoms with E-state index in [0.717, 1.165) is 18.1 Å². The van der Waals surface area contributed by atoms with Gasteiger partial charge in [-0.2, -0.15) is 15.3 Å². The van der Waals surface area contributed by atoms with Crippen LogP contribution in [0.3, 0.4) is 0 Å². The van der Waals surface area contributed by atoms with E-state index in [1.165, 1.54) is 0 Å². The number of nitrogens with one attached hydrogen (secondary N) is 2. The highest BCUT2D eigenvalue weighted by Gasteiger charge is 2.64. The molecule has 2 N–H and O–H groups in total. The van der Waals surface area contributed by atoms with Crippen LogP contribution in [0.2, 0.25) is 0 Å². The van der Waals surface area contributed by atoms with Gasteiger partial charge in [0.05, 0.1) is 5.92 Å². The van der Waals surface area contributed by atoms with E-state index in [2.05, 4.69) is 50.5 Å². The molecule has 0 unspecified atom stereocenters. The molecule has 122 valence electrons. The molecule has 23 heavy (non-hydrogen) atoms. The summed E-state index contributed by atoms with van der Waals surface area (Å²) in [6, 6.07) is 0. The van der Waals surface area contributed by atoms with Crippen molar-refractivity contribution in [1.82, 2.24) is 20.5 Å². The maximum absolute atomic E-state index is 12.5. The Morgan fingerprint density at radius 3 is 2.70 bits per heavy atom. The fourth-order valence-corrected chi connectivity index (χ4v) is 3.27. The van der Waals surface area contributed by atoms with Crippen LogP contribution in [0.5, 0.6) is 0 Å². The number of aryl methyl sites for hydroxylation is 1. The molecule has 1 fully saturated rings. The Hall–Kier alpha value is -2.23. The van der Waals surface area contributed by atoms with E-state index < -0.39 is 0 Å². The van der Waals surface area contributed by atoms with Crippen molar-refractivity contribution in [2.24, 2.45) is 21.6 Å². The molecule has 0 saturated heterocycles. The van der Waals surface area contributed by atoms with Gasteiger partial charge in [0.25, 0.3) is 0 Å². The van der Waals surface area contributed by atoms with Gasteiger partial charge in [0.2, 0.25) is 5.91 Å². The quantitative estimate of drug-likeness (QED) is 0.753. The summed E-state index contributed by atoms with van der Waals surface area (Å²) in [4.78, 5) is 16.8. The van der Waals surface area contributed by atoms with Gasteiger partial charge in [-0.25, -0.2) is 4.98 Å². The van der Waals surface area contributed by atoms with E-state index in [9.17, 15) is 4.79 Å². The summed E-state index contributed by atoms with van der Waals surface area (Å²) in [6.45, 7) is 6.57. The fraction of sp³-hybridized carbons (Fsp3) is 0.688. The number of hydrogen-bond acceptors (Lipinski definition) is 5. The third-order valence-corrected chi connectivity index (χ3v) is 4.88. The highest BCUT2D eigenvalue weighted by Crippen LogP contribution is 2.63. The van der Waals surface area contributed by atoms with E-state index in [-0.39, 0.29) is 28.8 Å². The number of H-pyrrole nitrogens is 1. The summed E-state index contributed by atoms with van der Waals surface area (Å²) in [7, 11) is 0. The van der Waals surface area contributed by atoms with Crippen LogP contribution in [-0.4, -0.2) is 33.3 Å². The minimum absolute atomic E-state index is 0.0511. The molecule has 1 aliphatic heterocycles. The zero-order valence-electron chi connectivity index (χ0n) is 13.8. The molecule has 0 bridgehead atoms. The lowest BCUT2D eigenvalue weighted by molar-refractivity contribution is -0.123. The average molecular weight is 314 g/mol. The predicted molar refractivity (Wildman–Crippen MR) is 84.4 cm³/mol. The summed E-state index contributed by atoms with van der Waals surface area (Å²) >= 11 is 0. The Morgan fingerprint density at radius 1 is 1.39 bits per heavy atom. The van der Waals surface area contributed by atoms with E-state index in [4.69, 9.17) is 6.42 Å². The molecule has 1 aromatic rings. The third kappa shape index (κ3) is 2.98. The topological polar surface area (TPSA) is 95.4 Å². The van der Waals surface area contributed by atoms with Crippen LogP contribution in [0.1, 0.15) is 50.7 Å². The molecule has 2 aliphatic rings. The first-order valence-corrected chi connectivity index (χ1v) is 7.94. The number of hydrogen-bond donors (Lipinski definition) is 2. The van der Waals surface area contributed by atoms with Crippen LogP contribution in [0.25, 0.3) is 0 Å². The average Bonchev–Trinajstić information content (AvgIpc) is 3.32. The van der Waals surface area contributed by atoms with Crippen LogP contribution >= 0.6 is 0 Å². The van der Waals surface area contributed by atoms with Crippen LogP contribution < -0.4 is 5.32 Å². The second-order valence-corrected chi connectivity index (χ2v) is 6.98. The van der Waals surface area contributed by atoms with E-state index in [1.807, 2.05) is 6.92 Å². The van der Waals surface area contributed by atoms with Gasteiger partial charge in [0.1, 0.15) is 5.82 Å². The number of rotatable bonds is 7. The van der Waals surface area contributed by atoms with Crippen molar-refractivity contribution < 1.29 is 4.79 Å². The van der Waals surface area contributed by atoms with Gasteiger partial charge >= 0.3 is 0 Å². The molecule has 2 heterocycles. The van der Waals surface area contributed by atoms with E-state index in [0.29, 0.717) is 19.4 Å². The molecule has 2 atom stereocenters. The monoisotopic (exact) mass is 314 g/mol. The number of terminal acetylenes is 1. The fourth-order valence-electron chi connectivity index (χ4n) is 3.27. The first-order valence-electron chi connectivity index (χ1n) is 7.94. The molecule has 1 aliphatic carbocycles. The Morgan fingerprint density at radius 2 is 2.13 bits per heavy atom. The summed E-state index contributed by atoms with van der Waals surface area (Å²) in [5.41, 5.74) is -0.465. The van der Waals surface area contributed by atoms with Crippen LogP contribution in [0.15, 0.2) is 10.2 Å². The van der Waals surface area contributed by atoms with Gasteiger partial charge in [-0.15, -0.1) is 12.3 Å². The molecule has 3 rings (SSSR count). The number of nitrogens with zero attached hydrogens (tertiary/aromatic N) is 4. The Labute approximate surface area is 135 Å². The van der Waals surface area contributed by atoms with Crippen molar-refractivity contribution in [2.45, 2.75) is 51.6 Å². The zero-order valence-corrected chi connectivity index (χ0v) is 13.8.